The SMILES string of the molecule is C=CC(=O)NC1CCOCC1Cc1cc2c(cn1)CC(C(=O)c1c(Cl)c(OC)cc(OC)c1Cl)=C2. The Labute approximate surface area is 214 Å². The van der Waals surface area contributed by atoms with Crippen LogP contribution in [0.2, 0.25) is 10.0 Å². The Morgan fingerprint density at radius 3 is 2.60 bits per heavy atom. The summed E-state index contributed by atoms with van der Waals surface area (Å²) in [5.41, 5.74) is 3.42. The second-order valence-electron chi connectivity index (χ2n) is 8.48. The third-order valence-electron chi connectivity index (χ3n) is 6.34. The van der Waals surface area contributed by atoms with Gasteiger partial charge in [0.25, 0.3) is 0 Å². The number of ether oxygens (including phenoxy) is 3. The number of aromatic nitrogens is 1. The first-order chi connectivity index (χ1) is 16.9. The van der Waals surface area contributed by atoms with Crippen LogP contribution in [0.5, 0.6) is 11.5 Å². The van der Waals surface area contributed by atoms with Crippen molar-refractivity contribution in [3.8, 4) is 11.5 Å². The van der Waals surface area contributed by atoms with Crippen LogP contribution in [-0.4, -0.2) is 50.1 Å². The summed E-state index contributed by atoms with van der Waals surface area (Å²) in [5, 5.41) is 3.28. The van der Waals surface area contributed by atoms with Crippen LogP contribution in [-0.2, 0) is 22.4 Å². The highest BCUT2D eigenvalue weighted by molar-refractivity contribution is 6.43. The number of carbonyl (C=O) groups excluding carboxylic acids is 2. The molecule has 0 saturated carbocycles. The fraction of sp³-hybridized carbons (Fsp3) is 0.346. The van der Waals surface area contributed by atoms with Gasteiger partial charge in [-0.25, -0.2) is 0 Å². The molecule has 1 amide bonds. The number of Topliss-reactive ketones (excluding diaryl/α,β-unsaturated/α-hetero) is 1. The molecule has 1 aliphatic carbocycles. The van der Waals surface area contributed by atoms with Crippen LogP contribution in [0.15, 0.2) is 36.6 Å². The molecule has 0 bridgehead atoms. The molecular weight excluding hydrogens is 491 g/mol. The molecule has 1 saturated heterocycles. The first-order valence-electron chi connectivity index (χ1n) is 11.2. The molecule has 2 aliphatic rings. The quantitative estimate of drug-likeness (QED) is 0.411. The monoisotopic (exact) mass is 516 g/mol. The second-order valence-corrected chi connectivity index (χ2v) is 9.24. The van der Waals surface area contributed by atoms with E-state index in [1.54, 1.807) is 12.3 Å². The highest BCUT2D eigenvalue weighted by atomic mass is 35.5. The lowest BCUT2D eigenvalue weighted by Gasteiger charge is -2.31. The zero-order valence-corrected chi connectivity index (χ0v) is 21.0. The first kappa shape index (κ1) is 25.2. The van der Waals surface area contributed by atoms with Crippen LogP contribution >= 0.6 is 23.2 Å². The Morgan fingerprint density at radius 2 is 1.94 bits per heavy atom. The third kappa shape index (κ3) is 5.22. The van der Waals surface area contributed by atoms with Gasteiger partial charge in [-0.1, -0.05) is 29.8 Å². The molecule has 9 heteroatoms. The van der Waals surface area contributed by atoms with Gasteiger partial charge in [0, 0.05) is 48.5 Å². The molecule has 1 aromatic heterocycles. The van der Waals surface area contributed by atoms with Crippen LogP contribution in [0.4, 0.5) is 0 Å². The minimum Gasteiger partial charge on any atom is -0.495 e. The average Bonchev–Trinajstić information content (AvgIpc) is 3.29. The van der Waals surface area contributed by atoms with Crippen molar-refractivity contribution in [1.82, 2.24) is 10.3 Å². The van der Waals surface area contributed by atoms with Gasteiger partial charge in [0.1, 0.15) is 11.5 Å². The van der Waals surface area contributed by atoms with Crippen LogP contribution in [0.3, 0.4) is 0 Å². The Morgan fingerprint density at radius 1 is 1.23 bits per heavy atom. The van der Waals surface area contributed by atoms with E-state index in [1.165, 1.54) is 20.3 Å². The first-order valence-corrected chi connectivity index (χ1v) is 12.0. The number of nitrogens with one attached hydrogen (secondary N) is 1. The van der Waals surface area contributed by atoms with Gasteiger partial charge in [-0.2, -0.15) is 0 Å². The van der Waals surface area contributed by atoms with E-state index in [0.29, 0.717) is 43.1 Å². The molecule has 2 unspecified atom stereocenters. The highest BCUT2D eigenvalue weighted by Gasteiger charge is 2.30. The summed E-state index contributed by atoms with van der Waals surface area (Å²) in [6.45, 7) is 4.67. The van der Waals surface area contributed by atoms with Crippen molar-refractivity contribution < 1.29 is 23.8 Å². The van der Waals surface area contributed by atoms with Gasteiger partial charge in [-0.05, 0) is 42.2 Å². The molecule has 2 atom stereocenters. The van der Waals surface area contributed by atoms with Crippen LogP contribution in [0, 0.1) is 5.92 Å². The van der Waals surface area contributed by atoms with Crippen molar-refractivity contribution >= 4 is 41.0 Å². The summed E-state index contributed by atoms with van der Waals surface area (Å²) >= 11 is 12.9. The van der Waals surface area contributed by atoms with E-state index >= 15 is 0 Å². The molecule has 0 spiro atoms. The molecular formula is C26H26Cl2N2O5. The minimum atomic E-state index is -0.289. The molecule has 0 radical (unpaired) electrons. The maximum Gasteiger partial charge on any atom is 0.243 e. The maximum absolute atomic E-state index is 13.4. The number of amides is 1. The molecule has 2 heterocycles. The van der Waals surface area contributed by atoms with Gasteiger partial charge in [0.05, 0.1) is 36.4 Å². The lowest BCUT2D eigenvalue weighted by molar-refractivity contribution is -0.118. The molecule has 7 nitrogen and oxygen atoms in total. The Kier molecular flexibility index (Phi) is 7.79. The summed E-state index contributed by atoms with van der Waals surface area (Å²) in [5.74, 6) is 0.226. The normalized spacial score (nSPS) is 18.9. The molecule has 4 rings (SSSR count). The van der Waals surface area contributed by atoms with Crippen molar-refractivity contribution in [1.29, 1.82) is 0 Å². The van der Waals surface area contributed by atoms with Crippen LogP contribution in [0.1, 0.15) is 33.6 Å². The van der Waals surface area contributed by atoms with Gasteiger partial charge in [-0.3, -0.25) is 14.6 Å². The van der Waals surface area contributed by atoms with E-state index in [1.807, 2.05) is 12.1 Å². The third-order valence-corrected chi connectivity index (χ3v) is 7.09. The van der Waals surface area contributed by atoms with Crippen LogP contribution < -0.4 is 14.8 Å². The van der Waals surface area contributed by atoms with Gasteiger partial charge in [0.2, 0.25) is 5.91 Å². The summed E-state index contributed by atoms with van der Waals surface area (Å²) in [6, 6.07) is 3.52. The number of carbonyl (C=O) groups is 2. The standard InChI is InChI=1S/C26H26Cl2N2O5/c1-4-22(31)30-19-5-6-35-13-17(19)10-18-9-14-7-15(8-16(14)12-29-18)26(32)23-24(27)20(33-2)11-21(34-3)25(23)28/h4,7,9,11-12,17,19H,1,5-6,8,10,13H2,2-3H3,(H,30,31). The molecule has 1 fully saturated rings. The fourth-order valence-corrected chi connectivity index (χ4v) is 5.14. The molecule has 35 heavy (non-hydrogen) atoms. The van der Waals surface area contributed by atoms with Crippen molar-refractivity contribution in [2.75, 3.05) is 27.4 Å². The molecule has 184 valence electrons. The zero-order valence-electron chi connectivity index (χ0n) is 19.5. The minimum absolute atomic E-state index is 0.00990. The summed E-state index contributed by atoms with van der Waals surface area (Å²) < 4.78 is 16.2. The topological polar surface area (TPSA) is 86.8 Å². The lowest BCUT2D eigenvalue weighted by atomic mass is 9.90. The van der Waals surface area contributed by atoms with E-state index in [0.717, 1.165) is 23.2 Å². The number of hydrogen-bond donors (Lipinski definition) is 1. The molecule has 1 aliphatic heterocycles. The molecule has 1 N–H and O–H groups in total. The fourth-order valence-electron chi connectivity index (χ4n) is 4.47. The van der Waals surface area contributed by atoms with E-state index in [9.17, 15) is 9.59 Å². The number of hydrogen-bond acceptors (Lipinski definition) is 6. The van der Waals surface area contributed by atoms with Crippen molar-refractivity contribution in [2.24, 2.45) is 5.92 Å². The van der Waals surface area contributed by atoms with Crippen molar-refractivity contribution in [3.05, 3.63) is 69.0 Å². The van der Waals surface area contributed by atoms with E-state index in [2.05, 4.69) is 16.9 Å². The van der Waals surface area contributed by atoms with E-state index in [4.69, 9.17) is 37.4 Å². The van der Waals surface area contributed by atoms with Crippen molar-refractivity contribution in [3.63, 3.8) is 0 Å². The highest BCUT2D eigenvalue weighted by Crippen LogP contribution is 2.42. The Balaban J connectivity index is 1.57. The summed E-state index contributed by atoms with van der Waals surface area (Å²) in [6.07, 6.45) is 6.70. The number of rotatable bonds is 8. The van der Waals surface area contributed by atoms with Gasteiger partial charge in [-0.15, -0.1) is 0 Å². The predicted molar refractivity (Wildman–Crippen MR) is 135 cm³/mol. The number of fused-ring (bicyclic) bond motifs is 1. The number of methoxy groups -OCH3 is 2. The largest absolute Gasteiger partial charge is 0.495 e. The number of benzene rings is 1. The maximum atomic E-state index is 13.4. The smallest absolute Gasteiger partial charge is 0.243 e. The number of halogens is 2. The van der Waals surface area contributed by atoms with E-state index < -0.39 is 0 Å². The predicted octanol–water partition coefficient (Wildman–Crippen LogP) is 4.48. The summed E-state index contributed by atoms with van der Waals surface area (Å²) in [4.78, 5) is 29.9. The average molecular weight is 517 g/mol. The van der Waals surface area contributed by atoms with Crippen LogP contribution in [0.25, 0.3) is 6.08 Å². The Bertz CT molecular complexity index is 1180. The Hall–Kier alpha value is -2.87. The summed E-state index contributed by atoms with van der Waals surface area (Å²) in [7, 11) is 2.93. The lowest BCUT2D eigenvalue weighted by Crippen LogP contribution is -2.45. The number of ketones is 1. The number of allylic oxidation sites excluding steroid dienone is 1. The molecule has 1 aromatic carbocycles. The van der Waals surface area contributed by atoms with Gasteiger partial charge < -0.3 is 19.5 Å². The molecule has 2 aromatic rings. The van der Waals surface area contributed by atoms with Crippen molar-refractivity contribution in [2.45, 2.75) is 25.3 Å². The second kappa shape index (κ2) is 10.8. The zero-order chi connectivity index (χ0) is 25.1. The number of pyridine rings is 1. The van der Waals surface area contributed by atoms with E-state index in [-0.39, 0.29) is 39.3 Å². The number of nitrogens with zero attached hydrogens (tertiary/aromatic N) is 1. The van der Waals surface area contributed by atoms with Gasteiger partial charge in [0.15, 0.2) is 5.78 Å². The van der Waals surface area contributed by atoms with Gasteiger partial charge >= 0.3 is 0 Å².